The third-order valence-corrected chi connectivity index (χ3v) is 11.9. The minimum Gasteiger partial charge on any atom is -0.508 e. The monoisotopic (exact) mass is 736 g/mol. The SMILES string of the molecule is COCCC[C@H]1Oc2ccc(OC3CCCC3)cc2[C@H](O)[C@@H]1[C@H]1COc2c(Cc3cc(O)ccc3-c3cccc(O)c3)cc(OC3CCCC3)cc2[C@H]1O. The number of aromatic hydroxyl groups is 2. The van der Waals surface area contributed by atoms with Crippen LogP contribution in [-0.4, -0.2) is 59.1 Å². The van der Waals surface area contributed by atoms with E-state index in [1.165, 1.54) is 0 Å². The van der Waals surface area contributed by atoms with Crippen molar-refractivity contribution in [3.8, 4) is 45.6 Å². The maximum atomic E-state index is 12.4. The average molecular weight is 737 g/mol. The summed E-state index contributed by atoms with van der Waals surface area (Å²) in [6, 6.07) is 21.9. The third kappa shape index (κ3) is 7.72. The lowest BCUT2D eigenvalue weighted by atomic mass is 9.72. The highest BCUT2D eigenvalue weighted by Crippen LogP contribution is 2.51. The highest BCUT2D eigenvalue weighted by molar-refractivity contribution is 5.70. The third-order valence-electron chi connectivity index (χ3n) is 11.9. The molecule has 0 radical (unpaired) electrons. The highest BCUT2D eigenvalue weighted by atomic mass is 16.5. The minimum atomic E-state index is -0.984. The molecule has 2 aliphatic heterocycles. The highest BCUT2D eigenvalue weighted by Gasteiger charge is 2.47. The van der Waals surface area contributed by atoms with Crippen LogP contribution in [0.3, 0.4) is 0 Å². The van der Waals surface area contributed by atoms with Gasteiger partial charge < -0.3 is 44.1 Å². The zero-order chi connectivity index (χ0) is 37.2. The smallest absolute Gasteiger partial charge is 0.128 e. The van der Waals surface area contributed by atoms with Gasteiger partial charge in [-0.3, -0.25) is 0 Å². The molecular formula is C45H52O9. The molecule has 4 aromatic carbocycles. The second-order valence-electron chi connectivity index (χ2n) is 15.6. The van der Waals surface area contributed by atoms with Crippen molar-refractivity contribution in [1.29, 1.82) is 0 Å². The van der Waals surface area contributed by atoms with Gasteiger partial charge in [0.2, 0.25) is 0 Å². The summed E-state index contributed by atoms with van der Waals surface area (Å²) in [5.41, 5.74) is 4.62. The molecule has 9 heteroatoms. The number of rotatable bonds is 12. The van der Waals surface area contributed by atoms with Crippen LogP contribution < -0.4 is 18.9 Å². The van der Waals surface area contributed by atoms with Gasteiger partial charge in [-0.2, -0.15) is 0 Å². The van der Waals surface area contributed by atoms with Gasteiger partial charge in [0, 0.05) is 48.7 Å². The van der Waals surface area contributed by atoms with Gasteiger partial charge in [-0.05, 0) is 135 Å². The molecule has 0 bridgehead atoms. The zero-order valence-corrected chi connectivity index (χ0v) is 31.0. The Kier molecular flexibility index (Phi) is 10.9. The van der Waals surface area contributed by atoms with E-state index in [1.807, 2.05) is 42.5 Å². The van der Waals surface area contributed by atoms with Gasteiger partial charge in [0.25, 0.3) is 0 Å². The molecule has 286 valence electrons. The summed E-state index contributed by atoms with van der Waals surface area (Å²) >= 11 is 0. The van der Waals surface area contributed by atoms with Crippen LogP contribution in [0.4, 0.5) is 0 Å². The summed E-state index contributed by atoms with van der Waals surface area (Å²) < 4.78 is 31.6. The largest absolute Gasteiger partial charge is 0.508 e. The van der Waals surface area contributed by atoms with E-state index in [0.717, 1.165) is 85.8 Å². The topological polar surface area (TPSA) is 127 Å². The number of benzene rings is 4. The fourth-order valence-electron chi connectivity index (χ4n) is 9.17. The molecule has 4 N–H and O–H groups in total. The molecule has 4 aromatic rings. The Morgan fingerprint density at radius 1 is 0.722 bits per heavy atom. The average Bonchev–Trinajstić information content (AvgIpc) is 3.88. The molecule has 0 saturated heterocycles. The Balaban J connectivity index is 1.15. The lowest BCUT2D eigenvalue weighted by Crippen LogP contribution is -2.46. The molecule has 54 heavy (non-hydrogen) atoms. The van der Waals surface area contributed by atoms with Crippen molar-refractivity contribution in [2.75, 3.05) is 20.3 Å². The van der Waals surface area contributed by atoms with E-state index in [1.54, 1.807) is 37.4 Å². The molecule has 0 amide bonds. The quantitative estimate of drug-likeness (QED) is 0.106. The second-order valence-corrected chi connectivity index (χ2v) is 15.6. The van der Waals surface area contributed by atoms with Crippen LogP contribution in [0.2, 0.25) is 0 Å². The van der Waals surface area contributed by atoms with Crippen molar-refractivity contribution in [3.63, 3.8) is 0 Å². The second kappa shape index (κ2) is 16.1. The van der Waals surface area contributed by atoms with Gasteiger partial charge in [-0.1, -0.05) is 18.2 Å². The van der Waals surface area contributed by atoms with E-state index in [0.29, 0.717) is 47.8 Å². The van der Waals surface area contributed by atoms with E-state index < -0.39 is 24.0 Å². The van der Waals surface area contributed by atoms with Gasteiger partial charge >= 0.3 is 0 Å². The van der Waals surface area contributed by atoms with E-state index in [9.17, 15) is 20.4 Å². The molecule has 2 heterocycles. The summed E-state index contributed by atoms with van der Waals surface area (Å²) in [4.78, 5) is 0. The van der Waals surface area contributed by atoms with Crippen LogP contribution in [0.5, 0.6) is 34.5 Å². The van der Waals surface area contributed by atoms with Crippen molar-refractivity contribution in [3.05, 3.63) is 95.1 Å². The first-order valence-corrected chi connectivity index (χ1v) is 19.7. The minimum absolute atomic E-state index is 0.0906. The van der Waals surface area contributed by atoms with Crippen molar-refractivity contribution < 1.29 is 44.1 Å². The standard InChI is InChI=1S/C45H52O9/c1-50-19-7-14-41-42(44(49)37-24-34(16-18-40(37)54-41)52-32-10-2-3-11-32)39-26-51-45-29(23-35(25-38(45)43(39)48)53-33-12-4-5-13-33)20-28-22-31(47)15-17-36(28)27-8-6-9-30(46)21-27/h6,8-9,15-18,21-25,32-33,39,41-44,46-49H,2-5,7,10-14,19-20,26H2,1H3/t39-,41-,42-,43-,44+/m1/s1. The predicted molar refractivity (Wildman–Crippen MR) is 205 cm³/mol. The van der Waals surface area contributed by atoms with E-state index >= 15 is 0 Å². The fraction of sp³-hybridized carbons (Fsp3) is 0.467. The first-order valence-electron chi connectivity index (χ1n) is 19.7. The molecule has 0 spiro atoms. The number of aliphatic hydroxyl groups is 2. The van der Waals surface area contributed by atoms with Gasteiger partial charge in [0.05, 0.1) is 31.0 Å². The summed E-state index contributed by atoms with van der Waals surface area (Å²) in [5, 5.41) is 45.5. The number of ether oxygens (including phenoxy) is 5. The van der Waals surface area contributed by atoms with Crippen molar-refractivity contribution in [2.24, 2.45) is 11.8 Å². The van der Waals surface area contributed by atoms with Crippen LogP contribution in [-0.2, 0) is 11.2 Å². The Labute approximate surface area is 317 Å². The maximum absolute atomic E-state index is 12.4. The van der Waals surface area contributed by atoms with E-state index in [2.05, 4.69) is 0 Å². The summed E-state index contributed by atoms with van der Waals surface area (Å²) in [6.45, 7) is 0.726. The van der Waals surface area contributed by atoms with E-state index in [4.69, 9.17) is 23.7 Å². The van der Waals surface area contributed by atoms with Crippen LogP contribution >= 0.6 is 0 Å². The summed E-state index contributed by atoms with van der Waals surface area (Å²) in [7, 11) is 1.68. The molecular weight excluding hydrogens is 684 g/mol. The van der Waals surface area contributed by atoms with Crippen molar-refractivity contribution in [2.45, 2.75) is 101 Å². The predicted octanol–water partition coefficient (Wildman–Crippen LogP) is 8.58. The molecule has 2 saturated carbocycles. The Morgan fingerprint density at radius 2 is 1.44 bits per heavy atom. The normalized spacial score (nSPS) is 24.0. The summed E-state index contributed by atoms with van der Waals surface area (Å²) in [6.07, 6.45) is 8.30. The van der Waals surface area contributed by atoms with Crippen LogP contribution in [0, 0.1) is 11.8 Å². The first kappa shape index (κ1) is 36.5. The number of phenols is 2. The molecule has 2 fully saturated rings. The van der Waals surface area contributed by atoms with Gasteiger partial charge in [-0.15, -0.1) is 0 Å². The Hall–Kier alpha value is -4.44. The Bertz CT molecular complexity index is 1910. The number of fused-ring (bicyclic) bond motifs is 2. The molecule has 8 rings (SSSR count). The van der Waals surface area contributed by atoms with E-state index in [-0.39, 0.29) is 36.4 Å². The van der Waals surface area contributed by atoms with Gasteiger partial charge in [-0.25, -0.2) is 0 Å². The number of phenolic OH excluding ortho intramolecular Hbond substituents is 2. The number of hydrogen-bond acceptors (Lipinski definition) is 9. The maximum Gasteiger partial charge on any atom is 0.128 e. The molecule has 5 atom stereocenters. The molecule has 0 unspecified atom stereocenters. The Morgan fingerprint density at radius 3 is 2.19 bits per heavy atom. The molecule has 4 aliphatic rings. The van der Waals surface area contributed by atoms with Gasteiger partial charge in [0.1, 0.15) is 40.6 Å². The van der Waals surface area contributed by atoms with Crippen LogP contribution in [0.25, 0.3) is 11.1 Å². The molecule has 2 aliphatic carbocycles. The van der Waals surface area contributed by atoms with Crippen LogP contribution in [0.1, 0.15) is 98.7 Å². The first-order chi connectivity index (χ1) is 26.3. The van der Waals surface area contributed by atoms with Crippen molar-refractivity contribution >= 4 is 0 Å². The van der Waals surface area contributed by atoms with Gasteiger partial charge in [0.15, 0.2) is 0 Å². The molecule has 9 nitrogen and oxygen atoms in total. The number of aliphatic hydroxyl groups excluding tert-OH is 2. The van der Waals surface area contributed by atoms with Crippen LogP contribution in [0.15, 0.2) is 72.8 Å². The summed E-state index contributed by atoms with van der Waals surface area (Å²) in [5.74, 6) is 1.91. The van der Waals surface area contributed by atoms with Crippen molar-refractivity contribution in [1.82, 2.24) is 0 Å². The zero-order valence-electron chi connectivity index (χ0n) is 31.0. The lowest BCUT2D eigenvalue weighted by Gasteiger charge is -2.45. The fourth-order valence-corrected chi connectivity index (χ4v) is 9.17. The number of hydrogen-bond donors (Lipinski definition) is 4. The number of methoxy groups -OCH3 is 1. The lowest BCUT2D eigenvalue weighted by molar-refractivity contribution is -0.0890. The molecule has 0 aromatic heterocycles.